The van der Waals surface area contributed by atoms with Gasteiger partial charge >= 0.3 is 51.2 Å². The van der Waals surface area contributed by atoms with Crippen molar-refractivity contribution in [2.75, 3.05) is 279 Å². The average molecular weight is 2270 g/mol. The van der Waals surface area contributed by atoms with Crippen molar-refractivity contribution < 1.29 is 148 Å². The standard InChI is InChI=1S/C19H25N4O2S.C15H29N4O4.C10H20N4.C9H18N7S.C9H18N4.2C8H16N7S.7Cu/c1-16-4-2-6-18-17(16)5-3-7-19(18)26(24,25)23-14-12-21-10-8-20-9-11-22-13-15-23;1-11-12(10-20)23-15(14(22)13(11)21)19-8-6-17-4-2-16-3-5-18-7-9-19;1-3-11-7-9-13-5-2-6-14-10-8-12-4-1;1-6(13-15-8(10-3)11-4)7(2)14-16-9(17)12-5;1-2-10-4-6-12-8-9-13-7-5-11-3-1;1-6(5-12-15-8(16)11-4)13-14-7(9-2)10-3;1-6(13-15-8(16)11-4)5-12-14-7(9-2)10-3;;;;;;;/h2-7H,8-15H2,1H3;11-15,20-22H,2-10H2,1H3;1-10H2;1-5H3,(H3-,10,11,12,13,14,15,16,17);1-9H2;2*5H,1-4H3,(H3-,9,10,11,12,13,14,15,16);;;;;;;/q2*-3;-4;-1;-4;2*-1;;;;;3*+2/p-3/t;11-,12?,13+,14?,15-;;;;;;;;;;;;/m.1............/s1/i;;;;;;;7*1+0. The van der Waals surface area contributed by atoms with Gasteiger partial charge in [-0.3, -0.25) is 20.2 Å². The molecule has 5 saturated heterocycles. The predicted molar refractivity (Wildman–Crippen MR) is 531 cm³/mol. The van der Waals surface area contributed by atoms with Crippen molar-refractivity contribution in [3.8, 4) is 0 Å². The summed E-state index contributed by atoms with van der Waals surface area (Å²) in [5.41, 5.74) is 3.54. The van der Waals surface area contributed by atoms with Crippen LogP contribution < -0.4 is 31.9 Å². The van der Waals surface area contributed by atoms with E-state index in [-0.39, 0.29) is 132 Å². The Morgan fingerprint density at radius 1 is 0.424 bits per heavy atom. The van der Waals surface area contributed by atoms with Gasteiger partial charge in [0, 0.05) is 119 Å². The Bertz CT molecular complexity index is 3490. The van der Waals surface area contributed by atoms with E-state index >= 15 is 0 Å². The second-order valence-corrected chi connectivity index (χ2v) is 30.0. The Hall–Kier alpha value is -3.61. The number of sulfonamides is 1. The average Bonchev–Trinajstić information content (AvgIpc) is 0.774. The van der Waals surface area contributed by atoms with Gasteiger partial charge in [0.15, 0.2) is 0 Å². The van der Waals surface area contributed by atoms with E-state index in [2.05, 4.69) is 184 Å². The maximum atomic E-state index is 13.4. The maximum Gasteiger partial charge on any atom is 2.00 e. The number of hydrogen-bond acceptors (Lipinski definition) is 22. The molecule has 9 N–H and O–H groups in total. The van der Waals surface area contributed by atoms with Gasteiger partial charge in [-0.15, -0.1) is 26.2 Å². The molecule has 54 heteroatoms. The second kappa shape index (κ2) is 96.3. The van der Waals surface area contributed by atoms with Crippen molar-refractivity contribution in [2.24, 2.45) is 67.1 Å². The second-order valence-electron chi connectivity index (χ2n) is 26.9. The van der Waals surface area contributed by atoms with Crippen molar-refractivity contribution in [1.82, 2.24) is 41.1 Å². The van der Waals surface area contributed by atoms with Crippen LogP contribution in [0.1, 0.15) is 59.4 Å². The number of aliphatic hydroxyl groups excluding tert-OH is 3. The maximum absolute atomic E-state index is 13.4. The van der Waals surface area contributed by atoms with Crippen LogP contribution in [0.4, 0.5) is 0 Å². The molecular formula is C78H139Cu7N37O6S4-14. The van der Waals surface area contributed by atoms with Crippen LogP contribution in [-0.2, 0) is 172 Å². The van der Waals surface area contributed by atoms with Crippen LogP contribution in [-0.4, -0.2) is 406 Å². The molecule has 5 heterocycles. The van der Waals surface area contributed by atoms with E-state index in [0.717, 1.165) is 153 Å². The van der Waals surface area contributed by atoms with E-state index in [0.29, 0.717) is 153 Å². The number of guanidine groups is 3. The summed E-state index contributed by atoms with van der Waals surface area (Å²) in [5.74, 6) is 1.01. The number of benzene rings is 2. The number of rotatable bonds is 13. The predicted octanol–water partition coefficient (Wildman–Crippen LogP) is 7.45. The Morgan fingerprint density at radius 3 is 1.09 bits per heavy atom. The molecule has 2 unspecified atom stereocenters. The van der Waals surface area contributed by atoms with Gasteiger partial charge in [-0.1, -0.05) is 56.5 Å². The summed E-state index contributed by atoms with van der Waals surface area (Å²) >= 11 is 14.4. The van der Waals surface area contributed by atoms with E-state index in [1.807, 2.05) is 42.2 Å². The first-order chi connectivity index (χ1) is 60.6. The summed E-state index contributed by atoms with van der Waals surface area (Å²) in [6.07, 6.45) is 3.12. The van der Waals surface area contributed by atoms with Crippen molar-refractivity contribution >= 4 is 127 Å². The molecule has 0 amide bonds. The minimum Gasteiger partial charge on any atom is -0.741 e. The Balaban J connectivity index is -0.000000277. The molecule has 0 bridgehead atoms. The quantitative estimate of drug-likeness (QED) is 0.0309. The Kier molecular flexibility index (Phi) is 103. The third kappa shape index (κ3) is 70.9. The van der Waals surface area contributed by atoms with Crippen molar-refractivity contribution in [1.29, 1.82) is 0 Å². The van der Waals surface area contributed by atoms with Crippen LogP contribution in [0.5, 0.6) is 0 Å². The molecule has 5 fully saturated rings. The number of fused-ring (bicyclic) bond motifs is 1. The number of ether oxygens (including phenoxy) is 1. The third-order valence-corrected chi connectivity index (χ3v) is 20.4. The number of hydrogen-bond donors (Lipinski definition) is 9. The zero-order valence-corrected chi connectivity index (χ0v) is 88.0. The van der Waals surface area contributed by atoms with E-state index in [1.54, 1.807) is 104 Å². The fraction of sp³-hybridized carbons (Fsp3) is 0.718. The first-order valence-electron chi connectivity index (χ1n) is 41.9. The van der Waals surface area contributed by atoms with Gasteiger partial charge in [-0.05, 0) is 136 Å². The number of aliphatic hydroxyl groups is 3. The number of nitrogens with zero attached hydrogens (tertiary/aromatic N) is 31. The number of amidine groups is 3. The van der Waals surface area contributed by atoms with E-state index < -0.39 is 34.6 Å². The molecule has 2 aromatic carbocycles. The molecule has 0 saturated carbocycles. The normalized spacial score (nSPS) is 20.8. The van der Waals surface area contributed by atoms with Crippen LogP contribution in [0.2, 0.25) is 0 Å². The van der Waals surface area contributed by atoms with Crippen molar-refractivity contribution in [3.05, 3.63) is 132 Å². The summed E-state index contributed by atoms with van der Waals surface area (Å²) in [6.45, 7) is 34.7. The largest absolute Gasteiger partial charge is 2.00 e. The summed E-state index contributed by atoms with van der Waals surface area (Å²) < 4.78 is 34.1. The van der Waals surface area contributed by atoms with Crippen LogP contribution in [0.3, 0.4) is 0 Å². The van der Waals surface area contributed by atoms with Gasteiger partial charge in [0.25, 0.3) is 0 Å². The molecule has 7 radical (unpaired) electrons. The molecular weight excluding hydrogens is 2130 g/mol. The van der Waals surface area contributed by atoms with Crippen LogP contribution in [0.25, 0.3) is 101 Å². The zero-order valence-electron chi connectivity index (χ0n) is 78.1. The molecule has 0 aliphatic carbocycles. The molecule has 132 heavy (non-hydrogen) atoms. The molecule has 2 aromatic rings. The van der Waals surface area contributed by atoms with Crippen molar-refractivity contribution in [3.63, 3.8) is 0 Å². The summed E-state index contributed by atoms with van der Waals surface area (Å²) in [6, 6.07) is 11.3. The molecule has 787 valence electrons. The summed E-state index contributed by atoms with van der Waals surface area (Å²) in [5, 5.41) is 168. The van der Waals surface area contributed by atoms with E-state index in [9.17, 15) is 23.7 Å². The zero-order chi connectivity index (χ0) is 92.2. The van der Waals surface area contributed by atoms with Gasteiger partial charge in [0.2, 0.25) is 10.0 Å². The van der Waals surface area contributed by atoms with Gasteiger partial charge in [0.1, 0.15) is 12.3 Å². The smallest absolute Gasteiger partial charge is 0.741 e. The van der Waals surface area contributed by atoms with Crippen LogP contribution in [0, 0.1) is 12.8 Å². The Labute approximate surface area is 878 Å². The van der Waals surface area contributed by atoms with E-state index in [4.69, 9.17) is 42.6 Å². The fourth-order valence-corrected chi connectivity index (χ4v) is 12.1. The van der Waals surface area contributed by atoms with Crippen LogP contribution in [0.15, 0.2) is 103 Å². The minimum absolute atomic E-state index is 0. The molecule has 5 aliphatic heterocycles. The van der Waals surface area contributed by atoms with Gasteiger partial charge in [-0.2, -0.15) is 188 Å². The van der Waals surface area contributed by atoms with Gasteiger partial charge < -0.3 is 180 Å². The molecule has 5 atom stereocenters. The first kappa shape index (κ1) is 141. The molecule has 5 aliphatic rings. The third-order valence-electron chi connectivity index (χ3n) is 17.5. The number of nitrogens with one attached hydrogen (secondary N) is 6. The fourth-order valence-electron chi connectivity index (χ4n) is 10.4. The van der Waals surface area contributed by atoms with Crippen LogP contribution >= 0.6 is 0 Å². The molecule has 7 rings (SSSR count). The van der Waals surface area contributed by atoms with Crippen molar-refractivity contribution in [2.45, 2.75) is 90.2 Å². The minimum atomic E-state index is -3.60. The summed E-state index contributed by atoms with van der Waals surface area (Å²) in [7, 11) is 11.4. The van der Waals surface area contributed by atoms with Gasteiger partial charge in [0.05, 0.1) is 59.0 Å². The molecule has 0 aromatic heterocycles. The SMILES string of the molecule is C1C[N-]CC[N-]CCC[N-]CC[N-]C1.C1C[N-]CC[N-]CC[N-]CC[N-]C1.C[C@@H]1C(CO)O[C@@H](N2CC[N-]CC[N-]CC[N-]CC2)C(O)[C@H]1O.C[N-]C(=NN=C(C)C(C)=NN=C([S-])NC)NC.C[N-]C(=NN=C(C)C=NN=C([S-])NC)NC.C[N-]C(=NN=CC(C)=NN=C([S-])NC)NC.Cc1cccc2c(S(=O)(=O)N3CC[N-]CC[N-]CC[N-]CC3)cccc12.[64Cu+2].[64Cu+2].[64Cu+2].[64Cu].[64Cu].[64Cu].[64Cu]. The van der Waals surface area contributed by atoms with E-state index in [1.165, 1.54) is 16.7 Å². The number of aryl methyl sites for hydroxylation is 1. The Morgan fingerprint density at radius 2 is 0.727 bits per heavy atom. The monoisotopic (exact) mass is 2270 g/mol. The molecule has 43 nitrogen and oxygen atoms in total. The topological polar surface area (TPSA) is 571 Å². The first-order valence-corrected chi connectivity index (χ1v) is 44.5. The summed E-state index contributed by atoms with van der Waals surface area (Å²) in [4.78, 5) is 2.33. The molecule has 0 spiro atoms. The van der Waals surface area contributed by atoms with Gasteiger partial charge in [-0.25, -0.2) is 28.0 Å².